The number of carbonyl (C=O) groups is 1. The predicted molar refractivity (Wildman–Crippen MR) is 95.3 cm³/mol. The Morgan fingerprint density at radius 1 is 1.38 bits per heavy atom. The van der Waals surface area contributed by atoms with Gasteiger partial charge < -0.3 is 9.47 Å². The number of ether oxygens (including phenoxy) is 2. The summed E-state index contributed by atoms with van der Waals surface area (Å²) in [6, 6.07) is 4.36. The van der Waals surface area contributed by atoms with Gasteiger partial charge in [0.2, 0.25) is 0 Å². The number of nitrogens with one attached hydrogen (secondary N) is 1. The Balaban J connectivity index is 1.92. The Hall–Kier alpha value is -1.66. The first kappa shape index (κ1) is 17.2. The molecular formula is C18H21BrN2O3. The number of esters is 1. The lowest BCUT2D eigenvalue weighted by atomic mass is 9.87. The molecule has 6 heteroatoms. The fraction of sp³-hybridized carbons (Fsp3) is 0.444. The van der Waals surface area contributed by atoms with Crippen LogP contribution < -0.4 is 0 Å². The molecule has 0 fully saturated rings. The number of H-pyrrole nitrogens is 1. The van der Waals surface area contributed by atoms with E-state index < -0.39 is 0 Å². The van der Waals surface area contributed by atoms with Crippen molar-refractivity contribution in [3.05, 3.63) is 39.0 Å². The maximum Gasteiger partial charge on any atom is 0.356 e. The Labute approximate surface area is 149 Å². The third kappa shape index (κ3) is 3.26. The van der Waals surface area contributed by atoms with Crippen molar-refractivity contribution in [1.82, 2.24) is 10.2 Å². The maximum atomic E-state index is 12.0. The topological polar surface area (TPSA) is 64.2 Å². The number of benzene rings is 1. The third-order valence-electron chi connectivity index (χ3n) is 4.31. The molecule has 1 aliphatic rings. The van der Waals surface area contributed by atoms with Crippen LogP contribution in [0.4, 0.5) is 0 Å². The zero-order valence-corrected chi connectivity index (χ0v) is 15.5. The molecule has 0 saturated heterocycles. The summed E-state index contributed by atoms with van der Waals surface area (Å²) < 4.78 is 11.3. The molecule has 0 bridgehead atoms. The summed E-state index contributed by atoms with van der Waals surface area (Å²) in [6.07, 6.45) is 3.67. The molecule has 0 saturated carbocycles. The molecule has 1 aromatic carbocycles. The van der Waals surface area contributed by atoms with Crippen LogP contribution in [0.2, 0.25) is 0 Å². The van der Waals surface area contributed by atoms with Crippen molar-refractivity contribution in [2.45, 2.75) is 32.6 Å². The zero-order chi connectivity index (χ0) is 17.1. The molecule has 1 heterocycles. The molecule has 0 atom stereocenters. The second kappa shape index (κ2) is 7.49. The molecule has 1 aromatic heterocycles. The smallest absolute Gasteiger partial charge is 0.356 e. The molecule has 0 spiro atoms. The largest absolute Gasteiger partial charge is 0.461 e. The summed E-state index contributed by atoms with van der Waals surface area (Å²) in [6.45, 7) is 2.92. The van der Waals surface area contributed by atoms with Crippen molar-refractivity contribution in [3.63, 3.8) is 0 Å². The van der Waals surface area contributed by atoms with E-state index in [1.165, 1.54) is 11.1 Å². The van der Waals surface area contributed by atoms with Gasteiger partial charge in [0, 0.05) is 29.3 Å². The first-order valence-corrected chi connectivity index (χ1v) is 9.00. The van der Waals surface area contributed by atoms with Crippen molar-refractivity contribution in [2.75, 3.05) is 20.3 Å². The van der Waals surface area contributed by atoms with Crippen LogP contribution in [-0.4, -0.2) is 36.5 Å². The van der Waals surface area contributed by atoms with Gasteiger partial charge in [0.25, 0.3) is 0 Å². The minimum atomic E-state index is -0.329. The Kier molecular flexibility index (Phi) is 5.36. The number of hydrogen-bond acceptors (Lipinski definition) is 4. The van der Waals surface area contributed by atoms with E-state index in [4.69, 9.17) is 9.47 Å². The van der Waals surface area contributed by atoms with E-state index in [2.05, 4.69) is 38.3 Å². The van der Waals surface area contributed by atoms with Crippen molar-refractivity contribution >= 4 is 21.9 Å². The highest BCUT2D eigenvalue weighted by Crippen LogP contribution is 2.37. The molecule has 2 aromatic rings. The van der Waals surface area contributed by atoms with Crippen LogP contribution in [0.3, 0.4) is 0 Å². The number of nitrogens with zero attached hydrogens (tertiary/aromatic N) is 1. The number of aryl methyl sites for hydroxylation is 2. The molecule has 1 N–H and O–H groups in total. The second-order valence-corrected chi connectivity index (χ2v) is 6.70. The number of methoxy groups -OCH3 is 1. The van der Waals surface area contributed by atoms with E-state index >= 15 is 0 Å². The quantitative estimate of drug-likeness (QED) is 0.601. The zero-order valence-electron chi connectivity index (χ0n) is 13.9. The van der Waals surface area contributed by atoms with Crippen molar-refractivity contribution in [2.24, 2.45) is 0 Å². The summed E-state index contributed by atoms with van der Waals surface area (Å²) in [5.41, 5.74) is 5.96. The standard InChI is InChI=1S/C18H21BrN2O3/c1-3-24-18(22)17-13-7-6-11-9-12(5-4-8-23-2)15(19)10-14(11)16(13)20-21-17/h9-10H,3-8H2,1-2H3,(H,20,21). The van der Waals surface area contributed by atoms with E-state index in [0.29, 0.717) is 12.3 Å². The number of rotatable bonds is 6. The molecule has 0 radical (unpaired) electrons. The normalized spacial score (nSPS) is 12.6. The average Bonchev–Trinajstić information content (AvgIpc) is 3.00. The van der Waals surface area contributed by atoms with Crippen LogP contribution in [-0.2, 0) is 28.7 Å². The Morgan fingerprint density at radius 3 is 2.96 bits per heavy atom. The molecular weight excluding hydrogens is 372 g/mol. The third-order valence-corrected chi connectivity index (χ3v) is 5.05. The highest BCUT2D eigenvalue weighted by molar-refractivity contribution is 9.10. The van der Waals surface area contributed by atoms with Gasteiger partial charge in [-0.05, 0) is 49.8 Å². The summed E-state index contributed by atoms with van der Waals surface area (Å²) in [5.74, 6) is -0.329. The van der Waals surface area contributed by atoms with Crippen molar-refractivity contribution in [3.8, 4) is 11.3 Å². The molecule has 3 rings (SSSR count). The lowest BCUT2D eigenvalue weighted by Gasteiger charge is -2.18. The van der Waals surface area contributed by atoms with Crippen LogP contribution in [0.1, 0.15) is 40.5 Å². The van der Waals surface area contributed by atoms with Gasteiger partial charge in [-0.25, -0.2) is 4.79 Å². The van der Waals surface area contributed by atoms with Crippen LogP contribution in [0.5, 0.6) is 0 Å². The molecule has 0 unspecified atom stereocenters. The van der Waals surface area contributed by atoms with Gasteiger partial charge in [-0.1, -0.05) is 22.0 Å². The van der Waals surface area contributed by atoms with Gasteiger partial charge in [0.05, 0.1) is 12.3 Å². The van der Waals surface area contributed by atoms with Crippen LogP contribution in [0.25, 0.3) is 11.3 Å². The number of fused-ring (bicyclic) bond motifs is 3. The summed E-state index contributed by atoms with van der Waals surface area (Å²) in [4.78, 5) is 12.0. The van der Waals surface area contributed by atoms with E-state index in [0.717, 1.165) is 53.6 Å². The summed E-state index contributed by atoms with van der Waals surface area (Å²) >= 11 is 3.67. The fourth-order valence-electron chi connectivity index (χ4n) is 3.16. The number of hydrogen-bond donors (Lipinski definition) is 1. The molecule has 0 aliphatic heterocycles. The van der Waals surface area contributed by atoms with Gasteiger partial charge >= 0.3 is 5.97 Å². The molecule has 0 amide bonds. The first-order chi connectivity index (χ1) is 11.7. The van der Waals surface area contributed by atoms with Gasteiger partial charge in [-0.15, -0.1) is 0 Å². The minimum Gasteiger partial charge on any atom is -0.461 e. The monoisotopic (exact) mass is 392 g/mol. The van der Waals surface area contributed by atoms with Crippen molar-refractivity contribution in [1.29, 1.82) is 0 Å². The number of halogens is 1. The summed E-state index contributed by atoms with van der Waals surface area (Å²) in [5, 5.41) is 7.24. The van der Waals surface area contributed by atoms with Gasteiger partial charge in [-0.2, -0.15) is 5.10 Å². The maximum absolute atomic E-state index is 12.0. The lowest BCUT2D eigenvalue weighted by molar-refractivity contribution is 0.0518. The highest BCUT2D eigenvalue weighted by Gasteiger charge is 2.26. The van der Waals surface area contributed by atoms with E-state index in [1.54, 1.807) is 14.0 Å². The number of aromatic amines is 1. The number of aromatic nitrogens is 2. The van der Waals surface area contributed by atoms with Crippen LogP contribution in [0.15, 0.2) is 16.6 Å². The number of carbonyl (C=O) groups excluding carboxylic acids is 1. The first-order valence-electron chi connectivity index (χ1n) is 8.20. The van der Waals surface area contributed by atoms with Crippen LogP contribution >= 0.6 is 15.9 Å². The minimum absolute atomic E-state index is 0.329. The average molecular weight is 393 g/mol. The van der Waals surface area contributed by atoms with Crippen LogP contribution in [0, 0.1) is 0 Å². The van der Waals surface area contributed by atoms with E-state index in [-0.39, 0.29) is 5.97 Å². The highest BCUT2D eigenvalue weighted by atomic mass is 79.9. The molecule has 128 valence electrons. The second-order valence-electron chi connectivity index (χ2n) is 5.84. The van der Waals surface area contributed by atoms with E-state index in [1.807, 2.05) is 0 Å². The fourth-order valence-corrected chi connectivity index (χ4v) is 3.70. The predicted octanol–water partition coefficient (Wildman–Crippen LogP) is 3.69. The van der Waals surface area contributed by atoms with Gasteiger partial charge in [0.15, 0.2) is 0 Å². The molecule has 1 aliphatic carbocycles. The Bertz CT molecular complexity index is 755. The summed E-state index contributed by atoms with van der Waals surface area (Å²) in [7, 11) is 1.72. The van der Waals surface area contributed by atoms with Gasteiger partial charge in [-0.3, -0.25) is 5.10 Å². The Morgan fingerprint density at radius 2 is 2.21 bits per heavy atom. The molecule has 5 nitrogen and oxygen atoms in total. The van der Waals surface area contributed by atoms with E-state index in [9.17, 15) is 4.79 Å². The molecule has 24 heavy (non-hydrogen) atoms. The van der Waals surface area contributed by atoms with Gasteiger partial charge in [0.1, 0.15) is 5.69 Å². The van der Waals surface area contributed by atoms with Crippen molar-refractivity contribution < 1.29 is 14.3 Å². The SMILES string of the molecule is CCOC(=O)c1[nH]nc2c1CCc1cc(CCCOC)c(Br)cc1-2. The lowest BCUT2D eigenvalue weighted by Crippen LogP contribution is -2.11.